The Balaban J connectivity index is 1.55. The molecule has 0 radical (unpaired) electrons. The number of amides is 1. The highest BCUT2D eigenvalue weighted by molar-refractivity contribution is 7.09. The van der Waals surface area contributed by atoms with E-state index < -0.39 is 0 Å². The maximum Gasteiger partial charge on any atom is 0.242 e. The van der Waals surface area contributed by atoms with Gasteiger partial charge in [0, 0.05) is 36.4 Å². The SMILES string of the molecule is Cc1csc(CCCNC(=O)[C@@H](c2cccnc2)N2CCCC2)n1. The van der Waals surface area contributed by atoms with E-state index in [2.05, 4.69) is 25.6 Å². The quantitative estimate of drug-likeness (QED) is 0.785. The van der Waals surface area contributed by atoms with Gasteiger partial charge < -0.3 is 5.32 Å². The van der Waals surface area contributed by atoms with Gasteiger partial charge in [-0.3, -0.25) is 14.7 Å². The third-order valence-corrected chi connectivity index (χ3v) is 5.31. The van der Waals surface area contributed by atoms with Crippen LogP contribution in [0.5, 0.6) is 0 Å². The maximum absolute atomic E-state index is 12.8. The Hall–Kier alpha value is -1.79. The predicted molar refractivity (Wildman–Crippen MR) is 96.0 cm³/mol. The molecule has 1 amide bonds. The van der Waals surface area contributed by atoms with E-state index in [4.69, 9.17) is 0 Å². The number of rotatable bonds is 7. The number of aromatic nitrogens is 2. The summed E-state index contributed by atoms with van der Waals surface area (Å²) >= 11 is 1.69. The number of nitrogens with one attached hydrogen (secondary N) is 1. The average molecular weight is 344 g/mol. The van der Waals surface area contributed by atoms with Crippen LogP contribution in [0.1, 0.15) is 41.6 Å². The van der Waals surface area contributed by atoms with E-state index in [9.17, 15) is 4.79 Å². The molecule has 1 saturated heterocycles. The predicted octanol–water partition coefficient (Wildman–Crippen LogP) is 2.73. The number of nitrogens with zero attached hydrogens (tertiary/aromatic N) is 3. The largest absolute Gasteiger partial charge is 0.354 e. The minimum atomic E-state index is -0.219. The van der Waals surface area contributed by atoms with Gasteiger partial charge in [-0.05, 0) is 50.9 Å². The van der Waals surface area contributed by atoms with E-state index in [1.54, 1.807) is 23.7 Å². The second-order valence-electron chi connectivity index (χ2n) is 6.21. The van der Waals surface area contributed by atoms with Gasteiger partial charge in [0.2, 0.25) is 5.91 Å². The fraction of sp³-hybridized carbons (Fsp3) is 0.500. The zero-order chi connectivity index (χ0) is 16.8. The van der Waals surface area contributed by atoms with E-state index >= 15 is 0 Å². The van der Waals surface area contributed by atoms with Crippen LogP contribution in [0.3, 0.4) is 0 Å². The number of hydrogen-bond donors (Lipinski definition) is 1. The average Bonchev–Trinajstić information content (AvgIpc) is 3.25. The topological polar surface area (TPSA) is 58.1 Å². The first-order valence-corrected chi connectivity index (χ1v) is 9.45. The molecule has 0 aliphatic carbocycles. The highest BCUT2D eigenvalue weighted by Gasteiger charge is 2.29. The summed E-state index contributed by atoms with van der Waals surface area (Å²) in [6, 6.07) is 3.67. The molecule has 3 rings (SSSR count). The van der Waals surface area contributed by atoms with Crippen molar-refractivity contribution >= 4 is 17.2 Å². The number of likely N-dealkylation sites (tertiary alicyclic amines) is 1. The first-order chi connectivity index (χ1) is 11.7. The number of carbonyl (C=O) groups is 1. The second kappa shape index (κ2) is 8.35. The highest BCUT2D eigenvalue weighted by atomic mass is 32.1. The Bertz CT molecular complexity index is 652. The standard InChI is InChI=1S/C18H24N4OS/c1-14-13-24-16(21-14)7-5-9-20-18(23)17(22-10-2-3-11-22)15-6-4-8-19-12-15/h4,6,8,12-13,17H,2-3,5,7,9-11H2,1H3,(H,20,23)/t17-/m1/s1. The van der Waals surface area contributed by atoms with Gasteiger partial charge in [-0.1, -0.05) is 6.07 Å². The summed E-state index contributed by atoms with van der Waals surface area (Å²) in [5, 5.41) is 6.32. The molecular formula is C18H24N4OS. The molecule has 0 unspecified atom stereocenters. The molecule has 1 atom stereocenters. The molecule has 0 spiro atoms. The van der Waals surface area contributed by atoms with Crippen molar-refractivity contribution in [2.75, 3.05) is 19.6 Å². The number of thiazole rings is 1. The number of hydrogen-bond acceptors (Lipinski definition) is 5. The lowest BCUT2D eigenvalue weighted by Crippen LogP contribution is -2.39. The fourth-order valence-corrected chi connectivity index (χ4v) is 3.95. The van der Waals surface area contributed by atoms with Gasteiger partial charge in [0.1, 0.15) is 6.04 Å². The van der Waals surface area contributed by atoms with Crippen LogP contribution in [0, 0.1) is 6.92 Å². The van der Waals surface area contributed by atoms with Crippen molar-refractivity contribution in [3.8, 4) is 0 Å². The van der Waals surface area contributed by atoms with Gasteiger partial charge in [0.05, 0.1) is 5.01 Å². The van der Waals surface area contributed by atoms with E-state index in [1.165, 1.54) is 0 Å². The Morgan fingerprint density at radius 2 is 2.25 bits per heavy atom. The number of aryl methyl sites for hydroxylation is 2. The molecule has 1 aliphatic heterocycles. The lowest BCUT2D eigenvalue weighted by molar-refractivity contribution is -0.126. The molecule has 0 saturated carbocycles. The maximum atomic E-state index is 12.8. The van der Waals surface area contributed by atoms with Crippen molar-refractivity contribution in [2.45, 2.75) is 38.6 Å². The molecule has 3 heterocycles. The van der Waals surface area contributed by atoms with Gasteiger partial charge in [-0.25, -0.2) is 4.98 Å². The van der Waals surface area contributed by atoms with E-state index in [-0.39, 0.29) is 11.9 Å². The lowest BCUT2D eigenvalue weighted by Gasteiger charge is -2.26. The first kappa shape index (κ1) is 17.0. The first-order valence-electron chi connectivity index (χ1n) is 8.57. The minimum absolute atomic E-state index is 0.0835. The van der Waals surface area contributed by atoms with E-state index in [1.807, 2.05) is 19.1 Å². The minimum Gasteiger partial charge on any atom is -0.354 e. The summed E-state index contributed by atoms with van der Waals surface area (Å²) in [6.07, 6.45) is 7.71. The van der Waals surface area contributed by atoms with Crippen LogP contribution >= 0.6 is 11.3 Å². The third kappa shape index (κ3) is 4.39. The highest BCUT2D eigenvalue weighted by Crippen LogP contribution is 2.24. The smallest absolute Gasteiger partial charge is 0.242 e. The van der Waals surface area contributed by atoms with Gasteiger partial charge >= 0.3 is 0 Å². The zero-order valence-electron chi connectivity index (χ0n) is 14.1. The monoisotopic (exact) mass is 344 g/mol. The number of carbonyl (C=O) groups excluding carboxylic acids is 1. The van der Waals surface area contributed by atoms with Crippen LogP contribution in [-0.4, -0.2) is 40.4 Å². The van der Waals surface area contributed by atoms with Crippen molar-refractivity contribution in [3.63, 3.8) is 0 Å². The summed E-state index contributed by atoms with van der Waals surface area (Å²) in [7, 11) is 0. The van der Waals surface area contributed by atoms with Crippen molar-refractivity contribution < 1.29 is 4.79 Å². The van der Waals surface area contributed by atoms with Crippen LogP contribution in [0.25, 0.3) is 0 Å². The molecule has 128 valence electrons. The van der Waals surface area contributed by atoms with Crippen LogP contribution in [0.4, 0.5) is 0 Å². The number of pyridine rings is 1. The molecule has 2 aromatic heterocycles. The molecule has 5 nitrogen and oxygen atoms in total. The molecule has 2 aromatic rings. The molecule has 0 bridgehead atoms. The molecule has 1 fully saturated rings. The van der Waals surface area contributed by atoms with Gasteiger partial charge in [-0.2, -0.15) is 0 Å². The van der Waals surface area contributed by atoms with Crippen LogP contribution in [0.2, 0.25) is 0 Å². The summed E-state index contributed by atoms with van der Waals surface area (Å²) < 4.78 is 0. The van der Waals surface area contributed by atoms with Crippen molar-refractivity contribution in [1.29, 1.82) is 0 Å². The second-order valence-corrected chi connectivity index (χ2v) is 7.15. The normalized spacial score (nSPS) is 16.2. The summed E-state index contributed by atoms with van der Waals surface area (Å²) in [5.41, 5.74) is 2.05. The summed E-state index contributed by atoms with van der Waals surface area (Å²) in [5.74, 6) is 0.0835. The lowest BCUT2D eigenvalue weighted by atomic mass is 10.1. The van der Waals surface area contributed by atoms with Crippen LogP contribution in [-0.2, 0) is 11.2 Å². The van der Waals surface area contributed by atoms with E-state index in [0.717, 1.165) is 55.0 Å². The van der Waals surface area contributed by atoms with Crippen molar-refractivity contribution in [2.24, 2.45) is 0 Å². The molecule has 0 aromatic carbocycles. The zero-order valence-corrected chi connectivity index (χ0v) is 14.9. The Morgan fingerprint density at radius 3 is 2.92 bits per heavy atom. The van der Waals surface area contributed by atoms with Crippen LogP contribution in [0.15, 0.2) is 29.9 Å². The van der Waals surface area contributed by atoms with Crippen molar-refractivity contribution in [3.05, 3.63) is 46.2 Å². The Labute approximate surface area is 147 Å². The van der Waals surface area contributed by atoms with Crippen molar-refractivity contribution in [1.82, 2.24) is 20.2 Å². The third-order valence-electron chi connectivity index (χ3n) is 4.29. The van der Waals surface area contributed by atoms with Gasteiger partial charge in [-0.15, -0.1) is 11.3 Å². The molecule has 1 N–H and O–H groups in total. The van der Waals surface area contributed by atoms with Gasteiger partial charge in [0.25, 0.3) is 0 Å². The van der Waals surface area contributed by atoms with E-state index in [0.29, 0.717) is 6.54 Å². The molecular weight excluding hydrogens is 320 g/mol. The Morgan fingerprint density at radius 1 is 1.42 bits per heavy atom. The molecule has 24 heavy (non-hydrogen) atoms. The fourth-order valence-electron chi connectivity index (χ4n) is 3.13. The van der Waals surface area contributed by atoms with Gasteiger partial charge in [0.15, 0.2) is 0 Å². The summed E-state index contributed by atoms with van der Waals surface area (Å²) in [6.45, 7) is 4.65. The Kier molecular flexibility index (Phi) is 5.93. The molecule has 1 aliphatic rings. The van der Waals surface area contributed by atoms with Crippen LogP contribution < -0.4 is 5.32 Å². The molecule has 6 heteroatoms. The summed E-state index contributed by atoms with van der Waals surface area (Å²) in [4.78, 5) is 23.7.